The van der Waals surface area contributed by atoms with Crippen LogP contribution in [0.1, 0.15) is 28.4 Å². The first-order chi connectivity index (χ1) is 11.0. The maximum atomic E-state index is 12.1. The maximum absolute atomic E-state index is 12.1. The van der Waals surface area contributed by atoms with Crippen LogP contribution in [0.3, 0.4) is 0 Å². The van der Waals surface area contributed by atoms with E-state index in [0.29, 0.717) is 12.1 Å². The van der Waals surface area contributed by atoms with Gasteiger partial charge in [0.2, 0.25) is 0 Å². The molecule has 0 fully saturated rings. The van der Waals surface area contributed by atoms with Crippen LogP contribution < -0.4 is 5.32 Å². The number of carbonyl (C=O) groups is 2. The van der Waals surface area contributed by atoms with Gasteiger partial charge in [-0.2, -0.15) is 0 Å². The van der Waals surface area contributed by atoms with Crippen molar-refractivity contribution in [3.63, 3.8) is 0 Å². The normalized spacial score (nSPS) is 11.6. The molecular formula is C18H18INO3. The first-order valence-corrected chi connectivity index (χ1v) is 8.34. The van der Waals surface area contributed by atoms with Crippen LogP contribution >= 0.6 is 22.6 Å². The fourth-order valence-electron chi connectivity index (χ4n) is 1.94. The van der Waals surface area contributed by atoms with Gasteiger partial charge in [-0.3, -0.25) is 4.79 Å². The van der Waals surface area contributed by atoms with Gasteiger partial charge in [0.25, 0.3) is 5.91 Å². The lowest BCUT2D eigenvalue weighted by molar-refractivity contribution is -0.129. The molecule has 120 valence electrons. The molecular weight excluding hydrogens is 405 g/mol. The zero-order valence-electron chi connectivity index (χ0n) is 13.0. The van der Waals surface area contributed by atoms with Crippen molar-refractivity contribution < 1.29 is 14.3 Å². The van der Waals surface area contributed by atoms with E-state index in [-0.39, 0.29) is 5.91 Å². The topological polar surface area (TPSA) is 55.4 Å². The monoisotopic (exact) mass is 423 g/mol. The Balaban J connectivity index is 1.88. The average molecular weight is 423 g/mol. The van der Waals surface area contributed by atoms with E-state index in [4.69, 9.17) is 4.74 Å². The van der Waals surface area contributed by atoms with E-state index < -0.39 is 12.1 Å². The molecule has 0 saturated heterocycles. The SMILES string of the molecule is Cc1ccc(CNC(=O)C(C)OC(=O)c2ccccc2I)cc1. The van der Waals surface area contributed by atoms with Gasteiger partial charge in [0, 0.05) is 10.1 Å². The molecule has 2 aromatic rings. The number of halogens is 1. The van der Waals surface area contributed by atoms with Gasteiger partial charge in [0.15, 0.2) is 6.10 Å². The molecule has 0 heterocycles. The van der Waals surface area contributed by atoms with Crippen molar-refractivity contribution in [2.45, 2.75) is 26.5 Å². The van der Waals surface area contributed by atoms with E-state index in [1.54, 1.807) is 19.1 Å². The number of aryl methyl sites for hydroxylation is 1. The standard InChI is InChI=1S/C18H18INO3/c1-12-7-9-14(10-8-12)11-20-17(21)13(2)23-18(22)15-5-3-4-6-16(15)19/h3-10,13H,11H2,1-2H3,(H,20,21). The summed E-state index contributed by atoms with van der Waals surface area (Å²) in [5.41, 5.74) is 2.63. The molecule has 0 aliphatic heterocycles. The Hall–Kier alpha value is -1.89. The number of nitrogens with one attached hydrogen (secondary N) is 1. The van der Waals surface area contributed by atoms with Crippen LogP contribution in [-0.2, 0) is 16.1 Å². The summed E-state index contributed by atoms with van der Waals surface area (Å²) in [7, 11) is 0. The number of hydrogen-bond donors (Lipinski definition) is 1. The number of esters is 1. The molecule has 2 rings (SSSR count). The summed E-state index contributed by atoms with van der Waals surface area (Å²) in [4.78, 5) is 24.1. The van der Waals surface area contributed by atoms with E-state index in [9.17, 15) is 9.59 Å². The van der Waals surface area contributed by atoms with E-state index in [1.807, 2.05) is 43.3 Å². The van der Waals surface area contributed by atoms with E-state index in [1.165, 1.54) is 5.56 Å². The van der Waals surface area contributed by atoms with Crippen molar-refractivity contribution in [1.82, 2.24) is 5.32 Å². The minimum absolute atomic E-state index is 0.315. The van der Waals surface area contributed by atoms with Gasteiger partial charge in [-0.05, 0) is 54.1 Å². The molecule has 0 spiro atoms. The summed E-state index contributed by atoms with van der Waals surface area (Å²) in [5, 5.41) is 2.77. The number of carbonyl (C=O) groups excluding carboxylic acids is 2. The van der Waals surface area contributed by atoms with Gasteiger partial charge in [0.1, 0.15) is 0 Å². The van der Waals surface area contributed by atoms with Gasteiger partial charge < -0.3 is 10.1 Å². The highest BCUT2D eigenvalue weighted by Crippen LogP contribution is 2.13. The molecule has 0 aromatic heterocycles. The predicted octanol–water partition coefficient (Wildman–Crippen LogP) is 3.46. The molecule has 0 radical (unpaired) electrons. The largest absolute Gasteiger partial charge is 0.449 e. The fraction of sp³-hybridized carbons (Fsp3) is 0.222. The molecule has 1 N–H and O–H groups in total. The van der Waals surface area contributed by atoms with Crippen LogP contribution in [-0.4, -0.2) is 18.0 Å². The maximum Gasteiger partial charge on any atom is 0.339 e. The molecule has 1 amide bonds. The Morgan fingerprint density at radius 3 is 2.43 bits per heavy atom. The van der Waals surface area contributed by atoms with Crippen LogP contribution in [0.15, 0.2) is 48.5 Å². The highest BCUT2D eigenvalue weighted by molar-refractivity contribution is 14.1. The van der Waals surface area contributed by atoms with Crippen LogP contribution in [0.5, 0.6) is 0 Å². The summed E-state index contributed by atoms with van der Waals surface area (Å²) < 4.78 is 6.02. The summed E-state index contributed by atoms with van der Waals surface area (Å²) in [6, 6.07) is 15.0. The minimum Gasteiger partial charge on any atom is -0.449 e. The Morgan fingerprint density at radius 2 is 1.78 bits per heavy atom. The lowest BCUT2D eigenvalue weighted by Gasteiger charge is -2.14. The van der Waals surface area contributed by atoms with Gasteiger partial charge in [-0.15, -0.1) is 0 Å². The fourth-order valence-corrected chi connectivity index (χ4v) is 2.55. The van der Waals surface area contributed by atoms with Crippen molar-refractivity contribution in [2.75, 3.05) is 0 Å². The second-order valence-corrected chi connectivity index (χ2v) is 6.39. The first-order valence-electron chi connectivity index (χ1n) is 7.26. The second-order valence-electron chi connectivity index (χ2n) is 5.23. The van der Waals surface area contributed by atoms with E-state index in [0.717, 1.165) is 9.13 Å². The Kier molecular flexibility index (Phi) is 6.15. The van der Waals surface area contributed by atoms with Crippen LogP contribution in [0, 0.1) is 10.5 Å². The van der Waals surface area contributed by atoms with Crippen LogP contribution in [0.2, 0.25) is 0 Å². The molecule has 0 saturated carbocycles. The van der Waals surface area contributed by atoms with Crippen LogP contribution in [0.4, 0.5) is 0 Å². The van der Waals surface area contributed by atoms with E-state index >= 15 is 0 Å². The number of hydrogen-bond acceptors (Lipinski definition) is 3. The zero-order valence-corrected chi connectivity index (χ0v) is 15.2. The van der Waals surface area contributed by atoms with Gasteiger partial charge in [-0.1, -0.05) is 42.0 Å². The Morgan fingerprint density at radius 1 is 1.13 bits per heavy atom. The first kappa shape index (κ1) is 17.5. The summed E-state index contributed by atoms with van der Waals surface area (Å²) in [5.74, 6) is -0.808. The molecule has 1 atom stereocenters. The van der Waals surface area contributed by atoms with Gasteiger partial charge in [0.05, 0.1) is 5.56 Å². The number of rotatable bonds is 5. The molecule has 0 aliphatic carbocycles. The summed E-state index contributed by atoms with van der Waals surface area (Å²) in [6.07, 6.45) is -0.844. The third kappa shape index (κ3) is 5.06. The lowest BCUT2D eigenvalue weighted by Crippen LogP contribution is -2.35. The van der Waals surface area contributed by atoms with Crippen molar-refractivity contribution in [2.24, 2.45) is 0 Å². The smallest absolute Gasteiger partial charge is 0.339 e. The molecule has 2 aromatic carbocycles. The minimum atomic E-state index is -0.844. The number of amides is 1. The third-order valence-corrected chi connectivity index (χ3v) is 4.27. The van der Waals surface area contributed by atoms with Crippen molar-refractivity contribution in [1.29, 1.82) is 0 Å². The molecule has 0 bridgehead atoms. The summed E-state index contributed by atoms with van der Waals surface area (Å²) in [6.45, 7) is 3.98. The van der Waals surface area contributed by atoms with Crippen molar-refractivity contribution >= 4 is 34.5 Å². The second kappa shape index (κ2) is 8.10. The Bertz CT molecular complexity index is 698. The quantitative estimate of drug-likeness (QED) is 0.592. The third-order valence-electron chi connectivity index (χ3n) is 3.33. The predicted molar refractivity (Wildman–Crippen MR) is 97.1 cm³/mol. The van der Waals surface area contributed by atoms with Gasteiger partial charge >= 0.3 is 5.97 Å². The molecule has 5 heteroatoms. The molecule has 4 nitrogen and oxygen atoms in total. The number of benzene rings is 2. The summed E-state index contributed by atoms with van der Waals surface area (Å²) >= 11 is 2.07. The number of ether oxygens (including phenoxy) is 1. The van der Waals surface area contributed by atoms with E-state index in [2.05, 4.69) is 27.9 Å². The molecule has 1 unspecified atom stereocenters. The highest BCUT2D eigenvalue weighted by Gasteiger charge is 2.19. The molecule has 0 aliphatic rings. The van der Waals surface area contributed by atoms with Crippen LogP contribution in [0.25, 0.3) is 0 Å². The van der Waals surface area contributed by atoms with Gasteiger partial charge in [-0.25, -0.2) is 4.79 Å². The highest BCUT2D eigenvalue weighted by atomic mass is 127. The molecule has 23 heavy (non-hydrogen) atoms. The average Bonchev–Trinajstić information content (AvgIpc) is 2.54. The van der Waals surface area contributed by atoms with Crippen molar-refractivity contribution in [3.05, 3.63) is 68.8 Å². The van der Waals surface area contributed by atoms with Crippen molar-refractivity contribution in [3.8, 4) is 0 Å². The lowest BCUT2D eigenvalue weighted by atomic mass is 10.1. The zero-order chi connectivity index (χ0) is 16.8. The Labute approximate surface area is 149 Å².